The Bertz CT molecular complexity index is 697. The third-order valence-electron chi connectivity index (χ3n) is 2.89. The minimum Gasteiger partial charge on any atom is -0.494 e. The molecule has 2 rings (SSSR count). The van der Waals surface area contributed by atoms with E-state index >= 15 is 0 Å². The lowest BCUT2D eigenvalue weighted by molar-refractivity contribution is -0.118. The smallest absolute Gasteiger partial charge is 0.250 e. The van der Waals surface area contributed by atoms with Crippen molar-refractivity contribution in [2.24, 2.45) is 5.10 Å². The van der Waals surface area contributed by atoms with Gasteiger partial charge in [0, 0.05) is 11.4 Å². The number of benzene rings is 1. The van der Waals surface area contributed by atoms with E-state index in [1.54, 1.807) is 6.21 Å². The molecule has 0 saturated carbocycles. The minimum atomic E-state index is -0.204. The number of hydrazone groups is 1. The highest BCUT2D eigenvalue weighted by molar-refractivity contribution is 7.99. The summed E-state index contributed by atoms with van der Waals surface area (Å²) in [5.74, 6) is 0.817. The molecular formula is C17H20N4O2S. The van der Waals surface area contributed by atoms with Crippen LogP contribution in [0.25, 0.3) is 0 Å². The average Bonchev–Trinajstić information content (AvgIpc) is 2.54. The van der Waals surface area contributed by atoms with Crippen molar-refractivity contribution in [3.05, 3.63) is 47.3 Å². The molecule has 24 heavy (non-hydrogen) atoms. The molecule has 0 aliphatic heterocycles. The van der Waals surface area contributed by atoms with Crippen LogP contribution in [-0.4, -0.2) is 34.4 Å². The van der Waals surface area contributed by atoms with Crippen LogP contribution in [0.1, 0.15) is 23.9 Å². The first kappa shape index (κ1) is 17.9. The van der Waals surface area contributed by atoms with Crippen LogP contribution in [0.3, 0.4) is 0 Å². The molecule has 1 aromatic carbocycles. The summed E-state index contributed by atoms with van der Waals surface area (Å²) in [4.78, 5) is 20.4. The van der Waals surface area contributed by atoms with Gasteiger partial charge < -0.3 is 4.74 Å². The van der Waals surface area contributed by atoms with Crippen LogP contribution in [-0.2, 0) is 4.79 Å². The highest BCUT2D eigenvalue weighted by Crippen LogP contribution is 2.13. The van der Waals surface area contributed by atoms with Gasteiger partial charge in [0.1, 0.15) is 5.75 Å². The third-order valence-corrected chi connectivity index (χ3v) is 3.74. The lowest BCUT2D eigenvalue weighted by Gasteiger charge is -2.03. The molecule has 2 aromatic rings. The van der Waals surface area contributed by atoms with Gasteiger partial charge in [0.05, 0.1) is 18.6 Å². The topological polar surface area (TPSA) is 76.5 Å². The lowest BCUT2D eigenvalue weighted by atomic mass is 10.2. The fourth-order valence-electron chi connectivity index (χ4n) is 1.92. The fraction of sp³-hybridized carbons (Fsp3) is 0.294. The maximum absolute atomic E-state index is 11.8. The molecule has 0 aliphatic rings. The molecule has 0 spiro atoms. The Kier molecular flexibility index (Phi) is 6.74. The molecule has 1 aromatic heterocycles. The molecular weight excluding hydrogens is 324 g/mol. The number of hydrogen-bond acceptors (Lipinski definition) is 6. The van der Waals surface area contributed by atoms with Crippen molar-refractivity contribution in [3.8, 4) is 5.75 Å². The van der Waals surface area contributed by atoms with E-state index in [9.17, 15) is 4.79 Å². The van der Waals surface area contributed by atoms with Crippen LogP contribution < -0.4 is 10.2 Å². The van der Waals surface area contributed by atoms with Gasteiger partial charge in [0.15, 0.2) is 5.16 Å². The van der Waals surface area contributed by atoms with Crippen molar-refractivity contribution in [2.75, 3.05) is 12.4 Å². The molecule has 1 heterocycles. The molecule has 6 nitrogen and oxygen atoms in total. The second-order valence-corrected chi connectivity index (χ2v) is 5.96. The second-order valence-electron chi connectivity index (χ2n) is 5.02. The summed E-state index contributed by atoms with van der Waals surface area (Å²) in [6, 6.07) is 9.36. The summed E-state index contributed by atoms with van der Waals surface area (Å²) in [5.41, 5.74) is 5.15. The zero-order valence-corrected chi connectivity index (χ0v) is 14.8. The number of nitrogens with zero attached hydrogens (tertiary/aromatic N) is 3. The van der Waals surface area contributed by atoms with Crippen LogP contribution in [0, 0.1) is 13.8 Å². The number of aromatic nitrogens is 2. The van der Waals surface area contributed by atoms with Gasteiger partial charge in [-0.15, -0.1) is 0 Å². The summed E-state index contributed by atoms with van der Waals surface area (Å²) in [7, 11) is 0. The monoisotopic (exact) mass is 344 g/mol. The zero-order chi connectivity index (χ0) is 17.4. The van der Waals surface area contributed by atoms with E-state index in [1.165, 1.54) is 11.8 Å². The molecule has 1 amide bonds. The van der Waals surface area contributed by atoms with Gasteiger partial charge in [-0.3, -0.25) is 4.79 Å². The first-order valence-corrected chi connectivity index (χ1v) is 8.55. The minimum absolute atomic E-state index is 0.204. The maximum Gasteiger partial charge on any atom is 0.250 e. The standard InChI is InChI=1S/C17H20N4O2S/c1-4-23-15-7-5-14(6-8-15)10-18-21-16(22)11-24-17-19-12(2)9-13(3)20-17/h5-10H,4,11H2,1-3H3,(H,21,22)/b18-10-. The van der Waals surface area contributed by atoms with Crippen molar-refractivity contribution in [2.45, 2.75) is 25.9 Å². The Labute approximate surface area is 145 Å². The number of amides is 1. The summed E-state index contributed by atoms with van der Waals surface area (Å²) >= 11 is 1.29. The first-order chi connectivity index (χ1) is 11.6. The SMILES string of the molecule is CCOc1ccc(/C=N\NC(=O)CSc2nc(C)cc(C)n2)cc1. The van der Waals surface area contributed by atoms with Crippen LogP contribution in [0.4, 0.5) is 0 Å². The summed E-state index contributed by atoms with van der Waals surface area (Å²) < 4.78 is 5.37. The summed E-state index contributed by atoms with van der Waals surface area (Å²) in [6.45, 7) is 6.37. The molecule has 0 unspecified atom stereocenters. The van der Waals surface area contributed by atoms with Crippen molar-refractivity contribution in [1.82, 2.24) is 15.4 Å². The van der Waals surface area contributed by atoms with Gasteiger partial charge in [-0.1, -0.05) is 11.8 Å². The average molecular weight is 344 g/mol. The van der Waals surface area contributed by atoms with E-state index in [0.29, 0.717) is 11.8 Å². The third kappa shape index (κ3) is 6.00. The first-order valence-electron chi connectivity index (χ1n) is 7.56. The molecule has 0 radical (unpaired) electrons. The Hall–Kier alpha value is -2.41. The number of rotatable bonds is 7. The number of thioether (sulfide) groups is 1. The largest absolute Gasteiger partial charge is 0.494 e. The molecule has 0 bridgehead atoms. The van der Waals surface area contributed by atoms with Gasteiger partial charge in [0.2, 0.25) is 0 Å². The van der Waals surface area contributed by atoms with Gasteiger partial charge >= 0.3 is 0 Å². The highest BCUT2D eigenvalue weighted by Gasteiger charge is 2.05. The summed E-state index contributed by atoms with van der Waals surface area (Å²) in [6.07, 6.45) is 1.59. The number of carbonyl (C=O) groups is 1. The molecule has 7 heteroatoms. The van der Waals surface area contributed by atoms with Gasteiger partial charge in [-0.05, 0) is 56.7 Å². The lowest BCUT2D eigenvalue weighted by Crippen LogP contribution is -2.19. The van der Waals surface area contributed by atoms with E-state index in [4.69, 9.17) is 4.74 Å². The van der Waals surface area contributed by atoms with Crippen molar-refractivity contribution in [3.63, 3.8) is 0 Å². The number of aryl methyl sites for hydroxylation is 2. The van der Waals surface area contributed by atoms with Gasteiger partial charge in [-0.2, -0.15) is 5.10 Å². The highest BCUT2D eigenvalue weighted by atomic mass is 32.2. The van der Waals surface area contributed by atoms with Gasteiger partial charge in [-0.25, -0.2) is 15.4 Å². The number of nitrogens with one attached hydrogen (secondary N) is 1. The van der Waals surface area contributed by atoms with E-state index < -0.39 is 0 Å². The Balaban J connectivity index is 1.79. The van der Waals surface area contributed by atoms with Crippen molar-refractivity contribution < 1.29 is 9.53 Å². The second kappa shape index (κ2) is 9.02. The Morgan fingerprint density at radius 1 is 1.25 bits per heavy atom. The van der Waals surface area contributed by atoms with Crippen LogP contribution >= 0.6 is 11.8 Å². The van der Waals surface area contributed by atoms with E-state index in [2.05, 4.69) is 20.5 Å². The molecule has 0 atom stereocenters. The van der Waals surface area contributed by atoms with E-state index in [0.717, 1.165) is 22.7 Å². The van der Waals surface area contributed by atoms with E-state index in [1.807, 2.05) is 51.1 Å². The van der Waals surface area contributed by atoms with Crippen LogP contribution in [0.15, 0.2) is 40.6 Å². The van der Waals surface area contributed by atoms with Gasteiger partial charge in [0.25, 0.3) is 5.91 Å². The Morgan fingerprint density at radius 2 is 1.92 bits per heavy atom. The number of carbonyl (C=O) groups excluding carboxylic acids is 1. The molecule has 0 aliphatic carbocycles. The molecule has 0 saturated heterocycles. The predicted molar refractivity (Wildman–Crippen MR) is 95.6 cm³/mol. The normalized spacial score (nSPS) is 10.8. The number of hydrogen-bond donors (Lipinski definition) is 1. The fourth-order valence-corrected chi connectivity index (χ4v) is 2.66. The molecule has 126 valence electrons. The van der Waals surface area contributed by atoms with Crippen LogP contribution in [0.2, 0.25) is 0 Å². The zero-order valence-electron chi connectivity index (χ0n) is 13.9. The Morgan fingerprint density at radius 3 is 2.54 bits per heavy atom. The van der Waals surface area contributed by atoms with Crippen LogP contribution in [0.5, 0.6) is 5.75 Å². The number of ether oxygens (including phenoxy) is 1. The predicted octanol–water partition coefficient (Wildman–Crippen LogP) is 2.73. The van der Waals surface area contributed by atoms with Crippen molar-refractivity contribution in [1.29, 1.82) is 0 Å². The summed E-state index contributed by atoms with van der Waals surface area (Å²) in [5, 5.41) is 4.54. The van der Waals surface area contributed by atoms with E-state index in [-0.39, 0.29) is 11.7 Å². The quantitative estimate of drug-likeness (QED) is 0.362. The van der Waals surface area contributed by atoms with Crippen molar-refractivity contribution >= 4 is 23.9 Å². The maximum atomic E-state index is 11.8. The molecule has 1 N–H and O–H groups in total. The molecule has 0 fully saturated rings.